The van der Waals surface area contributed by atoms with Crippen LogP contribution in [0.1, 0.15) is 32.6 Å². The second-order valence-corrected chi connectivity index (χ2v) is 3.17. The minimum absolute atomic E-state index is 0.0950. The second-order valence-electron chi connectivity index (χ2n) is 3.17. The third-order valence-electron chi connectivity index (χ3n) is 1.93. The van der Waals surface area contributed by atoms with Crippen molar-refractivity contribution in [1.29, 1.82) is 0 Å². The van der Waals surface area contributed by atoms with Crippen LogP contribution in [0.5, 0.6) is 0 Å². The molecule has 0 aromatic carbocycles. The van der Waals surface area contributed by atoms with Gasteiger partial charge < -0.3 is 4.74 Å². The Morgan fingerprint density at radius 2 is 2.38 bits per heavy atom. The van der Waals surface area contributed by atoms with Crippen LogP contribution in [0.4, 0.5) is 0 Å². The summed E-state index contributed by atoms with van der Waals surface area (Å²) in [4.78, 5) is 11.0. The van der Waals surface area contributed by atoms with Crippen LogP contribution in [0.25, 0.3) is 0 Å². The molecule has 0 radical (unpaired) electrons. The van der Waals surface area contributed by atoms with Gasteiger partial charge >= 0.3 is 5.97 Å². The highest BCUT2D eigenvalue weighted by Crippen LogP contribution is 2.09. The Hall–Kier alpha value is -1.05. The maximum atomic E-state index is 11.0. The summed E-state index contributed by atoms with van der Waals surface area (Å²) < 4.78 is 5.06. The lowest BCUT2D eigenvalue weighted by Gasteiger charge is -2.07. The van der Waals surface area contributed by atoms with Crippen molar-refractivity contribution in [1.82, 2.24) is 0 Å². The van der Waals surface area contributed by atoms with Gasteiger partial charge in [0.2, 0.25) is 0 Å². The van der Waals surface area contributed by atoms with Gasteiger partial charge in [-0.1, -0.05) is 25.2 Å². The van der Waals surface area contributed by atoms with E-state index in [1.165, 1.54) is 0 Å². The van der Waals surface area contributed by atoms with E-state index in [4.69, 9.17) is 4.74 Å². The minimum Gasteiger partial charge on any atom is -0.461 e. The largest absolute Gasteiger partial charge is 0.461 e. The third-order valence-corrected chi connectivity index (χ3v) is 1.93. The smallest absolute Gasteiger partial charge is 0.306 e. The van der Waals surface area contributed by atoms with Crippen molar-refractivity contribution < 1.29 is 9.53 Å². The molecule has 0 amide bonds. The van der Waals surface area contributed by atoms with Gasteiger partial charge in [0.15, 0.2) is 0 Å². The standard InChI is InChI=1S/C11H16O2/c1-2-6-11(12)13-9-10-7-4-3-5-8-10/h4,7-8H,2-3,5-6,9H2,1H3. The fraction of sp³-hybridized carbons (Fsp3) is 0.545. The van der Waals surface area contributed by atoms with Gasteiger partial charge in [0.1, 0.15) is 6.61 Å². The maximum Gasteiger partial charge on any atom is 0.306 e. The normalized spacial score (nSPS) is 15.3. The van der Waals surface area contributed by atoms with Crippen molar-refractivity contribution in [2.24, 2.45) is 0 Å². The first kappa shape index (κ1) is 10.0. The molecule has 1 aliphatic rings. The Labute approximate surface area is 79.3 Å². The van der Waals surface area contributed by atoms with Crippen LogP contribution in [-0.2, 0) is 9.53 Å². The number of carbonyl (C=O) groups is 1. The Bertz CT molecular complexity index is 226. The predicted octanol–water partition coefficient (Wildman–Crippen LogP) is 2.61. The van der Waals surface area contributed by atoms with E-state index in [0.717, 1.165) is 24.8 Å². The van der Waals surface area contributed by atoms with Crippen LogP contribution >= 0.6 is 0 Å². The van der Waals surface area contributed by atoms with Gasteiger partial charge in [0, 0.05) is 6.42 Å². The summed E-state index contributed by atoms with van der Waals surface area (Å²) >= 11 is 0. The summed E-state index contributed by atoms with van der Waals surface area (Å²) in [5.74, 6) is -0.0950. The maximum absolute atomic E-state index is 11.0. The molecule has 0 aromatic heterocycles. The fourth-order valence-corrected chi connectivity index (χ4v) is 1.21. The summed E-state index contributed by atoms with van der Waals surface area (Å²) in [7, 11) is 0. The van der Waals surface area contributed by atoms with E-state index in [0.29, 0.717) is 13.0 Å². The first-order valence-corrected chi connectivity index (χ1v) is 4.84. The van der Waals surface area contributed by atoms with Gasteiger partial charge in [-0.15, -0.1) is 0 Å². The highest BCUT2D eigenvalue weighted by atomic mass is 16.5. The number of carbonyl (C=O) groups excluding carboxylic acids is 1. The zero-order valence-electron chi connectivity index (χ0n) is 8.08. The van der Waals surface area contributed by atoms with Gasteiger partial charge in [-0.3, -0.25) is 4.79 Å². The van der Waals surface area contributed by atoms with Gasteiger partial charge in [-0.05, 0) is 24.8 Å². The molecule has 2 heteroatoms. The van der Waals surface area contributed by atoms with Gasteiger partial charge in [-0.2, -0.15) is 0 Å². The molecule has 0 unspecified atom stereocenters. The Balaban J connectivity index is 2.22. The number of allylic oxidation sites excluding steroid dienone is 2. The van der Waals surface area contributed by atoms with Crippen molar-refractivity contribution in [3.63, 3.8) is 0 Å². The lowest BCUT2D eigenvalue weighted by molar-refractivity contribution is -0.142. The second kappa shape index (κ2) is 5.57. The molecular formula is C11H16O2. The fourth-order valence-electron chi connectivity index (χ4n) is 1.21. The number of hydrogen-bond acceptors (Lipinski definition) is 2. The van der Waals surface area contributed by atoms with E-state index in [9.17, 15) is 4.79 Å². The lowest BCUT2D eigenvalue weighted by atomic mass is 10.1. The molecule has 0 saturated heterocycles. The molecule has 1 aliphatic carbocycles. The SMILES string of the molecule is CCCC(=O)OCC1=CCCC=C1. The van der Waals surface area contributed by atoms with Gasteiger partial charge in [0.05, 0.1) is 0 Å². The molecule has 72 valence electrons. The van der Waals surface area contributed by atoms with Crippen molar-refractivity contribution in [2.45, 2.75) is 32.6 Å². The average Bonchev–Trinajstić information content (AvgIpc) is 2.17. The molecule has 2 nitrogen and oxygen atoms in total. The quantitative estimate of drug-likeness (QED) is 0.621. The topological polar surface area (TPSA) is 26.3 Å². The van der Waals surface area contributed by atoms with Gasteiger partial charge in [0.25, 0.3) is 0 Å². The van der Waals surface area contributed by atoms with E-state index in [-0.39, 0.29) is 5.97 Å². The summed E-state index contributed by atoms with van der Waals surface area (Å²) in [6, 6.07) is 0. The van der Waals surface area contributed by atoms with E-state index in [1.54, 1.807) is 0 Å². The molecule has 0 aromatic rings. The molecule has 0 aliphatic heterocycles. The van der Waals surface area contributed by atoms with Crippen LogP contribution in [0.3, 0.4) is 0 Å². The van der Waals surface area contributed by atoms with Gasteiger partial charge in [-0.25, -0.2) is 0 Å². The van der Waals surface area contributed by atoms with Crippen molar-refractivity contribution in [3.8, 4) is 0 Å². The highest BCUT2D eigenvalue weighted by Gasteiger charge is 2.02. The molecule has 1 rings (SSSR count). The summed E-state index contributed by atoms with van der Waals surface area (Å²) in [5.41, 5.74) is 1.12. The van der Waals surface area contributed by atoms with E-state index < -0.39 is 0 Å². The molecule has 13 heavy (non-hydrogen) atoms. The zero-order chi connectivity index (χ0) is 9.52. The summed E-state index contributed by atoms with van der Waals surface area (Å²) in [5, 5.41) is 0. The molecule has 0 atom stereocenters. The Kier molecular flexibility index (Phi) is 4.30. The average molecular weight is 180 g/mol. The monoisotopic (exact) mass is 180 g/mol. The molecule has 0 fully saturated rings. The van der Waals surface area contributed by atoms with E-state index >= 15 is 0 Å². The third kappa shape index (κ3) is 3.92. The zero-order valence-corrected chi connectivity index (χ0v) is 8.08. The van der Waals surface area contributed by atoms with E-state index in [2.05, 4.69) is 12.2 Å². The highest BCUT2D eigenvalue weighted by molar-refractivity contribution is 5.69. The number of ether oxygens (including phenoxy) is 1. The molecule has 0 saturated carbocycles. The van der Waals surface area contributed by atoms with Crippen LogP contribution in [0, 0.1) is 0 Å². The molecule has 0 spiro atoms. The number of rotatable bonds is 4. The minimum atomic E-state index is -0.0950. The van der Waals surface area contributed by atoms with Crippen LogP contribution in [0.2, 0.25) is 0 Å². The Morgan fingerprint density at radius 1 is 1.54 bits per heavy atom. The van der Waals surface area contributed by atoms with Crippen LogP contribution < -0.4 is 0 Å². The van der Waals surface area contributed by atoms with Crippen molar-refractivity contribution in [3.05, 3.63) is 23.8 Å². The number of esters is 1. The Morgan fingerprint density at radius 3 is 3.00 bits per heavy atom. The summed E-state index contributed by atoms with van der Waals surface area (Å²) in [6.07, 6.45) is 9.82. The number of hydrogen-bond donors (Lipinski definition) is 0. The van der Waals surface area contributed by atoms with Crippen LogP contribution in [-0.4, -0.2) is 12.6 Å². The van der Waals surface area contributed by atoms with E-state index in [1.807, 2.05) is 13.0 Å². The first-order valence-electron chi connectivity index (χ1n) is 4.84. The van der Waals surface area contributed by atoms with Crippen molar-refractivity contribution in [2.75, 3.05) is 6.61 Å². The summed E-state index contributed by atoms with van der Waals surface area (Å²) in [6.45, 7) is 2.41. The molecule has 0 N–H and O–H groups in total. The van der Waals surface area contributed by atoms with Crippen molar-refractivity contribution >= 4 is 5.97 Å². The molecule has 0 heterocycles. The predicted molar refractivity (Wildman–Crippen MR) is 52.3 cm³/mol. The van der Waals surface area contributed by atoms with Crippen LogP contribution in [0.15, 0.2) is 23.8 Å². The lowest BCUT2D eigenvalue weighted by Crippen LogP contribution is -2.06. The molecular weight excluding hydrogens is 164 g/mol. The first-order chi connectivity index (χ1) is 6.33. The molecule has 0 bridgehead atoms.